The standard InChI is InChI=1S/C31H26N2O3/c34-31(21-10-12-24(13-11-21)33(35)36)29-18-23-6-1-2-8-25(23)28-15-14-26-22(7-3-9-27(26)30(28)29)17-20-5-4-16-32-19-20/h1-2,4-6,8,10-16,19,22,29H,3,7,9,17-18H2. The molecule has 6 rings (SSSR count). The summed E-state index contributed by atoms with van der Waals surface area (Å²) in [6, 6.07) is 23.0. The smallest absolute Gasteiger partial charge is 0.269 e. The van der Waals surface area contributed by atoms with E-state index < -0.39 is 4.92 Å². The molecule has 2 aliphatic rings. The monoisotopic (exact) mass is 474 g/mol. The molecule has 2 aliphatic carbocycles. The van der Waals surface area contributed by atoms with Gasteiger partial charge < -0.3 is 0 Å². The van der Waals surface area contributed by atoms with E-state index in [9.17, 15) is 14.9 Å². The Labute approximate surface area is 210 Å². The van der Waals surface area contributed by atoms with Crippen molar-refractivity contribution in [3.05, 3.63) is 129 Å². The van der Waals surface area contributed by atoms with E-state index in [0.29, 0.717) is 17.9 Å². The Morgan fingerprint density at radius 2 is 1.81 bits per heavy atom. The van der Waals surface area contributed by atoms with Gasteiger partial charge in [0.05, 0.1) is 10.8 Å². The third-order valence-electron chi connectivity index (χ3n) is 7.78. The molecule has 1 heterocycles. The number of carbonyl (C=O) groups excluding carboxylic acids is 1. The first-order chi connectivity index (χ1) is 17.6. The molecule has 178 valence electrons. The van der Waals surface area contributed by atoms with E-state index in [1.54, 1.807) is 18.3 Å². The highest BCUT2D eigenvalue weighted by Crippen LogP contribution is 2.47. The fraction of sp³-hybridized carbons (Fsp3) is 0.226. The molecule has 3 aromatic carbocycles. The van der Waals surface area contributed by atoms with Crippen molar-refractivity contribution in [3.63, 3.8) is 0 Å². The summed E-state index contributed by atoms with van der Waals surface area (Å²) in [6.45, 7) is 0. The molecule has 0 fully saturated rings. The van der Waals surface area contributed by atoms with Crippen molar-refractivity contribution < 1.29 is 9.72 Å². The molecule has 0 saturated heterocycles. The summed E-state index contributed by atoms with van der Waals surface area (Å²) in [5, 5.41) is 11.1. The molecule has 36 heavy (non-hydrogen) atoms. The van der Waals surface area contributed by atoms with Crippen LogP contribution in [0.3, 0.4) is 0 Å². The number of aromatic nitrogens is 1. The topological polar surface area (TPSA) is 73.1 Å². The van der Waals surface area contributed by atoms with E-state index in [1.807, 2.05) is 18.3 Å². The third kappa shape index (κ3) is 3.91. The largest absolute Gasteiger partial charge is 0.293 e. The second-order valence-electron chi connectivity index (χ2n) is 9.83. The number of hydrogen-bond acceptors (Lipinski definition) is 4. The predicted molar refractivity (Wildman–Crippen MR) is 139 cm³/mol. The van der Waals surface area contributed by atoms with E-state index >= 15 is 0 Å². The predicted octanol–water partition coefficient (Wildman–Crippen LogP) is 6.84. The van der Waals surface area contributed by atoms with Crippen LogP contribution in [-0.4, -0.2) is 15.7 Å². The number of rotatable bonds is 5. The number of nitro groups is 1. The van der Waals surface area contributed by atoms with Crippen molar-refractivity contribution in [2.24, 2.45) is 0 Å². The molecule has 4 aromatic rings. The molecule has 0 bridgehead atoms. The zero-order chi connectivity index (χ0) is 24.6. The molecule has 0 saturated carbocycles. The van der Waals surface area contributed by atoms with Crippen LogP contribution in [0.5, 0.6) is 0 Å². The summed E-state index contributed by atoms with van der Waals surface area (Å²) in [7, 11) is 0. The molecule has 0 radical (unpaired) electrons. The summed E-state index contributed by atoms with van der Waals surface area (Å²) >= 11 is 0. The zero-order valence-corrected chi connectivity index (χ0v) is 19.9. The van der Waals surface area contributed by atoms with Crippen LogP contribution in [0.25, 0.3) is 11.1 Å². The molecule has 5 nitrogen and oxygen atoms in total. The van der Waals surface area contributed by atoms with Gasteiger partial charge in [-0.25, -0.2) is 0 Å². The Bertz CT molecular complexity index is 1460. The van der Waals surface area contributed by atoms with Crippen molar-refractivity contribution >= 4 is 11.5 Å². The average molecular weight is 475 g/mol. The van der Waals surface area contributed by atoms with Crippen LogP contribution in [0.2, 0.25) is 0 Å². The second kappa shape index (κ2) is 9.15. The normalized spacial score (nSPS) is 18.0. The lowest BCUT2D eigenvalue weighted by molar-refractivity contribution is -0.384. The summed E-state index contributed by atoms with van der Waals surface area (Å²) in [5.41, 5.74) is 9.12. The molecule has 0 spiro atoms. The lowest BCUT2D eigenvalue weighted by Crippen LogP contribution is -2.24. The van der Waals surface area contributed by atoms with Gasteiger partial charge in [-0.3, -0.25) is 19.9 Å². The number of nitrogens with zero attached hydrogens (tertiary/aromatic N) is 2. The van der Waals surface area contributed by atoms with E-state index in [-0.39, 0.29) is 17.4 Å². The lowest BCUT2D eigenvalue weighted by atomic mass is 9.69. The molecule has 1 aromatic heterocycles. The van der Waals surface area contributed by atoms with Crippen LogP contribution in [0, 0.1) is 10.1 Å². The summed E-state index contributed by atoms with van der Waals surface area (Å²) in [4.78, 5) is 28.9. The lowest BCUT2D eigenvalue weighted by Gasteiger charge is -2.34. The van der Waals surface area contributed by atoms with Crippen LogP contribution in [-0.2, 0) is 19.3 Å². The quantitative estimate of drug-likeness (QED) is 0.180. The van der Waals surface area contributed by atoms with Crippen molar-refractivity contribution in [2.45, 2.75) is 43.9 Å². The Balaban J connectivity index is 1.46. The van der Waals surface area contributed by atoms with Crippen LogP contribution < -0.4 is 0 Å². The number of fused-ring (bicyclic) bond motifs is 5. The maximum Gasteiger partial charge on any atom is 0.269 e. The molecular formula is C31H26N2O3. The van der Waals surface area contributed by atoms with Gasteiger partial charge >= 0.3 is 0 Å². The van der Waals surface area contributed by atoms with Crippen LogP contribution >= 0.6 is 0 Å². The molecular weight excluding hydrogens is 448 g/mol. The number of Topliss-reactive ketones (excluding diaryl/α,β-unsaturated/α-hetero) is 1. The van der Waals surface area contributed by atoms with E-state index in [0.717, 1.165) is 36.8 Å². The number of benzene rings is 3. The SMILES string of the molecule is O=C(c1ccc([N+](=O)[O-])cc1)C1Cc2ccccc2-c2ccc3c(c21)CCCC3Cc1cccnc1. The molecule has 0 aliphatic heterocycles. The third-order valence-corrected chi connectivity index (χ3v) is 7.78. The van der Waals surface area contributed by atoms with Gasteiger partial charge in [0.2, 0.25) is 0 Å². The van der Waals surface area contributed by atoms with Gasteiger partial charge in [0.1, 0.15) is 0 Å². The van der Waals surface area contributed by atoms with E-state index in [2.05, 4.69) is 41.4 Å². The minimum absolute atomic E-state index is 0.00318. The number of hydrogen-bond donors (Lipinski definition) is 0. The fourth-order valence-corrected chi connectivity index (χ4v) is 6.13. The van der Waals surface area contributed by atoms with Gasteiger partial charge in [0.15, 0.2) is 5.78 Å². The number of carbonyl (C=O) groups is 1. The first-order valence-corrected chi connectivity index (χ1v) is 12.5. The second-order valence-corrected chi connectivity index (χ2v) is 9.83. The van der Waals surface area contributed by atoms with Gasteiger partial charge in [0.25, 0.3) is 5.69 Å². The maximum absolute atomic E-state index is 13.9. The zero-order valence-electron chi connectivity index (χ0n) is 19.9. The highest BCUT2D eigenvalue weighted by molar-refractivity contribution is 6.03. The van der Waals surface area contributed by atoms with E-state index in [1.165, 1.54) is 39.9 Å². The average Bonchev–Trinajstić information content (AvgIpc) is 2.92. The highest BCUT2D eigenvalue weighted by atomic mass is 16.6. The van der Waals surface area contributed by atoms with Crippen LogP contribution in [0.4, 0.5) is 5.69 Å². The molecule has 0 amide bonds. The van der Waals surface area contributed by atoms with Crippen LogP contribution in [0.15, 0.2) is 85.2 Å². The summed E-state index contributed by atoms with van der Waals surface area (Å²) in [5.74, 6) is 0.127. The number of ketones is 1. The first-order valence-electron chi connectivity index (χ1n) is 12.5. The van der Waals surface area contributed by atoms with Gasteiger partial charge in [-0.1, -0.05) is 42.5 Å². The van der Waals surface area contributed by atoms with Gasteiger partial charge in [-0.15, -0.1) is 0 Å². The maximum atomic E-state index is 13.9. The minimum atomic E-state index is -0.431. The molecule has 5 heteroatoms. The Morgan fingerprint density at radius 3 is 2.58 bits per heavy atom. The number of nitro benzene ring substituents is 1. The van der Waals surface area contributed by atoms with Crippen LogP contribution in [0.1, 0.15) is 62.9 Å². The van der Waals surface area contributed by atoms with Gasteiger partial charge in [-0.2, -0.15) is 0 Å². The van der Waals surface area contributed by atoms with Crippen molar-refractivity contribution in [1.82, 2.24) is 4.98 Å². The number of non-ortho nitro benzene ring substituents is 1. The van der Waals surface area contributed by atoms with Crippen molar-refractivity contribution in [2.75, 3.05) is 0 Å². The van der Waals surface area contributed by atoms with Crippen molar-refractivity contribution in [3.8, 4) is 11.1 Å². The molecule has 2 atom stereocenters. The fourth-order valence-electron chi connectivity index (χ4n) is 6.13. The minimum Gasteiger partial charge on any atom is -0.293 e. The first kappa shape index (κ1) is 22.4. The summed E-state index contributed by atoms with van der Waals surface area (Å²) < 4.78 is 0. The Morgan fingerprint density at radius 1 is 0.972 bits per heavy atom. The van der Waals surface area contributed by atoms with Crippen molar-refractivity contribution in [1.29, 1.82) is 0 Å². The molecule has 2 unspecified atom stereocenters. The molecule has 0 N–H and O–H groups in total. The highest BCUT2D eigenvalue weighted by Gasteiger charge is 2.35. The Hall–Kier alpha value is -4.12. The number of pyridine rings is 1. The van der Waals surface area contributed by atoms with Gasteiger partial charge in [0, 0.05) is 30.1 Å². The summed E-state index contributed by atoms with van der Waals surface area (Å²) in [6.07, 6.45) is 8.52. The van der Waals surface area contributed by atoms with Gasteiger partial charge in [-0.05, 0) is 95.2 Å². The Kier molecular flexibility index (Phi) is 5.68. The van der Waals surface area contributed by atoms with E-state index in [4.69, 9.17) is 0 Å².